The molecule has 172 valence electrons. The number of anilines is 2. The number of amides is 2. The number of carbonyl (C=O) groups excluding carboxylic acids is 2. The molecule has 8 nitrogen and oxygen atoms in total. The fraction of sp³-hybridized carbons (Fsp3) is 0.364. The molecule has 32 heavy (non-hydrogen) atoms. The van der Waals surface area contributed by atoms with E-state index in [0.717, 1.165) is 10.6 Å². The van der Waals surface area contributed by atoms with Crippen molar-refractivity contribution in [2.24, 2.45) is 0 Å². The maximum atomic E-state index is 12.9. The van der Waals surface area contributed by atoms with Crippen LogP contribution in [0.5, 0.6) is 5.75 Å². The predicted molar refractivity (Wildman–Crippen MR) is 126 cm³/mol. The van der Waals surface area contributed by atoms with Gasteiger partial charge < -0.3 is 15.4 Å². The van der Waals surface area contributed by atoms with Crippen LogP contribution in [0, 0.1) is 0 Å². The number of hydrogen-bond acceptors (Lipinski definition) is 6. The van der Waals surface area contributed by atoms with E-state index in [4.69, 9.17) is 4.74 Å². The van der Waals surface area contributed by atoms with Crippen LogP contribution >= 0.6 is 11.8 Å². The standard InChI is InChI=1S/C22H27N3O5S2/c1-4-25(5-2)32(28,29)15-11-12-18(30-6-3)17(13-15)23-21(26)14-20-22(27)24-16-9-7-8-10-19(16)31-20/h7-13,20H,4-6,14H2,1-3H3,(H,23,26)(H,24,27)/t20-/m0/s1. The Labute approximate surface area is 192 Å². The average Bonchev–Trinajstić information content (AvgIpc) is 2.76. The number of carbonyl (C=O) groups is 2. The Bertz CT molecular complexity index is 1100. The third-order valence-corrected chi connectivity index (χ3v) is 8.27. The van der Waals surface area contributed by atoms with Crippen LogP contribution in [0.4, 0.5) is 11.4 Å². The van der Waals surface area contributed by atoms with E-state index < -0.39 is 21.2 Å². The summed E-state index contributed by atoms with van der Waals surface area (Å²) in [5, 5.41) is 4.96. The number of nitrogens with one attached hydrogen (secondary N) is 2. The first-order chi connectivity index (χ1) is 15.3. The van der Waals surface area contributed by atoms with Gasteiger partial charge in [0.15, 0.2) is 0 Å². The molecule has 0 aliphatic carbocycles. The monoisotopic (exact) mass is 477 g/mol. The van der Waals surface area contributed by atoms with E-state index in [9.17, 15) is 18.0 Å². The lowest BCUT2D eigenvalue weighted by Gasteiger charge is -2.24. The zero-order valence-electron chi connectivity index (χ0n) is 18.3. The molecule has 0 saturated heterocycles. The molecule has 1 heterocycles. The molecule has 0 fully saturated rings. The van der Waals surface area contributed by atoms with E-state index in [0.29, 0.717) is 25.4 Å². The molecule has 2 amide bonds. The van der Waals surface area contributed by atoms with Gasteiger partial charge in [0.05, 0.1) is 28.1 Å². The van der Waals surface area contributed by atoms with E-state index in [1.807, 2.05) is 24.3 Å². The van der Waals surface area contributed by atoms with Gasteiger partial charge in [-0.15, -0.1) is 11.8 Å². The summed E-state index contributed by atoms with van der Waals surface area (Å²) in [5.74, 6) is -0.285. The van der Waals surface area contributed by atoms with Crippen LogP contribution in [-0.4, -0.2) is 49.5 Å². The number of rotatable bonds is 9. The van der Waals surface area contributed by atoms with E-state index in [1.54, 1.807) is 20.8 Å². The summed E-state index contributed by atoms with van der Waals surface area (Å²) in [5.41, 5.74) is 0.985. The number of thioether (sulfide) groups is 1. The van der Waals surface area contributed by atoms with Crippen LogP contribution in [0.25, 0.3) is 0 Å². The largest absolute Gasteiger partial charge is 0.492 e. The van der Waals surface area contributed by atoms with Gasteiger partial charge in [-0.05, 0) is 37.3 Å². The second kappa shape index (κ2) is 10.4. The molecular formula is C22H27N3O5S2. The Balaban J connectivity index is 1.81. The van der Waals surface area contributed by atoms with Crippen molar-refractivity contribution in [3.8, 4) is 5.75 Å². The number of nitrogens with zero attached hydrogens (tertiary/aromatic N) is 1. The van der Waals surface area contributed by atoms with Crippen molar-refractivity contribution < 1.29 is 22.7 Å². The zero-order valence-corrected chi connectivity index (χ0v) is 19.9. The van der Waals surface area contributed by atoms with Gasteiger partial charge >= 0.3 is 0 Å². The van der Waals surface area contributed by atoms with Crippen molar-refractivity contribution in [3.63, 3.8) is 0 Å². The highest BCUT2D eigenvalue weighted by Gasteiger charge is 2.29. The lowest BCUT2D eigenvalue weighted by molar-refractivity contribution is -0.120. The van der Waals surface area contributed by atoms with E-state index in [1.165, 1.54) is 34.3 Å². The number of ether oxygens (including phenoxy) is 1. The molecular weight excluding hydrogens is 450 g/mol. The van der Waals surface area contributed by atoms with Crippen molar-refractivity contribution in [1.82, 2.24) is 4.31 Å². The van der Waals surface area contributed by atoms with Crippen molar-refractivity contribution in [2.75, 3.05) is 30.3 Å². The number of sulfonamides is 1. The summed E-state index contributed by atoms with van der Waals surface area (Å²) in [6.45, 7) is 6.36. The molecule has 0 radical (unpaired) electrons. The van der Waals surface area contributed by atoms with E-state index >= 15 is 0 Å². The molecule has 0 unspecified atom stereocenters. The summed E-state index contributed by atoms with van der Waals surface area (Å²) < 4.78 is 32.7. The minimum Gasteiger partial charge on any atom is -0.492 e. The molecule has 0 saturated carbocycles. The first-order valence-corrected chi connectivity index (χ1v) is 12.8. The normalized spacial score (nSPS) is 15.8. The Kier molecular flexibility index (Phi) is 7.81. The summed E-state index contributed by atoms with van der Waals surface area (Å²) >= 11 is 1.33. The Morgan fingerprint density at radius 3 is 2.56 bits per heavy atom. The van der Waals surface area contributed by atoms with Crippen molar-refractivity contribution in [1.29, 1.82) is 0 Å². The van der Waals surface area contributed by atoms with Gasteiger partial charge in [-0.25, -0.2) is 8.42 Å². The van der Waals surface area contributed by atoms with Gasteiger partial charge in [-0.1, -0.05) is 26.0 Å². The minimum absolute atomic E-state index is 0.0660. The fourth-order valence-electron chi connectivity index (χ4n) is 3.36. The second-order valence-electron chi connectivity index (χ2n) is 7.02. The van der Waals surface area contributed by atoms with Crippen molar-refractivity contribution in [3.05, 3.63) is 42.5 Å². The van der Waals surface area contributed by atoms with Gasteiger partial charge in [-0.2, -0.15) is 4.31 Å². The van der Waals surface area contributed by atoms with Crippen molar-refractivity contribution in [2.45, 2.75) is 42.2 Å². The molecule has 2 aromatic carbocycles. The Morgan fingerprint density at radius 1 is 1.16 bits per heavy atom. The van der Waals surface area contributed by atoms with Gasteiger partial charge in [0.25, 0.3) is 0 Å². The fourth-order valence-corrected chi connectivity index (χ4v) is 5.95. The number of para-hydroxylation sites is 1. The molecule has 2 aromatic rings. The van der Waals surface area contributed by atoms with Gasteiger partial charge in [0, 0.05) is 24.4 Å². The highest BCUT2D eigenvalue weighted by Crippen LogP contribution is 2.37. The van der Waals surface area contributed by atoms with Crippen LogP contribution in [-0.2, 0) is 19.6 Å². The summed E-state index contributed by atoms with van der Waals surface area (Å²) in [7, 11) is -3.70. The van der Waals surface area contributed by atoms with Crippen LogP contribution in [0.15, 0.2) is 52.3 Å². The SMILES string of the molecule is CCOc1ccc(S(=O)(=O)N(CC)CC)cc1NC(=O)C[C@@H]1Sc2ccccc2NC1=O. The molecule has 0 aromatic heterocycles. The third-order valence-electron chi connectivity index (χ3n) is 4.95. The first-order valence-electron chi connectivity index (χ1n) is 10.4. The van der Waals surface area contributed by atoms with E-state index in [-0.39, 0.29) is 22.9 Å². The Hall–Kier alpha value is -2.56. The second-order valence-corrected chi connectivity index (χ2v) is 10.2. The van der Waals surface area contributed by atoms with Gasteiger partial charge in [-0.3, -0.25) is 9.59 Å². The molecule has 1 atom stereocenters. The van der Waals surface area contributed by atoms with Crippen LogP contribution in [0.1, 0.15) is 27.2 Å². The van der Waals surface area contributed by atoms with E-state index in [2.05, 4.69) is 10.6 Å². The van der Waals surface area contributed by atoms with Crippen LogP contribution in [0.2, 0.25) is 0 Å². The summed E-state index contributed by atoms with van der Waals surface area (Å²) in [4.78, 5) is 26.2. The predicted octanol–water partition coefficient (Wildman–Crippen LogP) is 3.56. The topological polar surface area (TPSA) is 105 Å². The number of benzene rings is 2. The zero-order chi connectivity index (χ0) is 23.3. The van der Waals surface area contributed by atoms with Crippen molar-refractivity contribution >= 4 is 45.0 Å². The molecule has 10 heteroatoms. The lowest BCUT2D eigenvalue weighted by atomic mass is 10.2. The van der Waals surface area contributed by atoms with Crippen LogP contribution < -0.4 is 15.4 Å². The number of hydrogen-bond donors (Lipinski definition) is 2. The molecule has 1 aliphatic heterocycles. The molecule has 0 spiro atoms. The average molecular weight is 478 g/mol. The third kappa shape index (κ3) is 5.25. The van der Waals surface area contributed by atoms with Gasteiger partial charge in [0.2, 0.25) is 21.8 Å². The minimum atomic E-state index is -3.70. The smallest absolute Gasteiger partial charge is 0.243 e. The number of fused-ring (bicyclic) bond motifs is 1. The first kappa shape index (κ1) is 24.1. The maximum Gasteiger partial charge on any atom is 0.243 e. The van der Waals surface area contributed by atoms with Crippen LogP contribution in [0.3, 0.4) is 0 Å². The molecule has 3 rings (SSSR count). The van der Waals surface area contributed by atoms with Gasteiger partial charge in [0.1, 0.15) is 5.75 Å². The quantitative estimate of drug-likeness (QED) is 0.572. The Morgan fingerprint density at radius 2 is 1.88 bits per heavy atom. The lowest BCUT2D eigenvalue weighted by Crippen LogP contribution is -2.32. The molecule has 1 aliphatic rings. The summed E-state index contributed by atoms with van der Waals surface area (Å²) in [6.07, 6.45) is -0.0660. The highest BCUT2D eigenvalue weighted by molar-refractivity contribution is 8.01. The molecule has 0 bridgehead atoms. The highest BCUT2D eigenvalue weighted by atomic mass is 32.2. The summed E-state index contributed by atoms with van der Waals surface area (Å²) in [6, 6.07) is 11.8. The maximum absolute atomic E-state index is 12.9. The molecule has 2 N–H and O–H groups in total.